The van der Waals surface area contributed by atoms with Gasteiger partial charge in [0, 0.05) is 31.4 Å². The van der Waals surface area contributed by atoms with Crippen LogP contribution in [0.5, 0.6) is 0 Å². The molecule has 0 bridgehead atoms. The molecule has 1 aromatic carbocycles. The summed E-state index contributed by atoms with van der Waals surface area (Å²) in [6.07, 6.45) is 2.65. The molecule has 1 aliphatic heterocycles. The van der Waals surface area contributed by atoms with Gasteiger partial charge in [0.15, 0.2) is 5.82 Å². The number of nitrogens with zero attached hydrogens (tertiary/aromatic N) is 4. The van der Waals surface area contributed by atoms with Gasteiger partial charge in [-0.2, -0.15) is 0 Å². The number of nitrogens with one attached hydrogen (secondary N) is 2. The van der Waals surface area contributed by atoms with E-state index in [0.717, 1.165) is 12.8 Å². The van der Waals surface area contributed by atoms with Crippen LogP contribution in [0.4, 0.5) is 10.3 Å². The number of anilines is 1. The molecule has 11 nitrogen and oxygen atoms in total. The lowest BCUT2D eigenvalue weighted by atomic mass is 9.90. The van der Waals surface area contributed by atoms with Crippen molar-refractivity contribution in [2.24, 2.45) is 5.41 Å². The molecule has 3 heterocycles. The lowest BCUT2D eigenvalue weighted by Crippen LogP contribution is -2.49. The Bertz CT molecular complexity index is 1320. The Balaban J connectivity index is 1.40. The average Bonchev–Trinajstić information content (AvgIpc) is 3.67. The summed E-state index contributed by atoms with van der Waals surface area (Å²) in [5, 5.41) is 11.8. The number of imidazole rings is 1. The number of rotatable bonds is 9. The number of carboxylic acid groups (broad SMARTS) is 1. The van der Waals surface area contributed by atoms with E-state index in [0.29, 0.717) is 34.5 Å². The third kappa shape index (κ3) is 5.50. The molecule has 200 valence electrons. The molecule has 0 spiro atoms. The fraction of sp³-hybridized carbons (Fsp3) is 0.423. The van der Waals surface area contributed by atoms with Crippen LogP contribution in [0, 0.1) is 11.2 Å². The molecule has 2 fully saturated rings. The van der Waals surface area contributed by atoms with Gasteiger partial charge >= 0.3 is 5.97 Å². The summed E-state index contributed by atoms with van der Waals surface area (Å²) < 4.78 is 25.6. The maximum absolute atomic E-state index is 13.6. The van der Waals surface area contributed by atoms with Crippen LogP contribution in [0.15, 0.2) is 36.5 Å². The summed E-state index contributed by atoms with van der Waals surface area (Å²) in [6, 6.07) is 7.87. The van der Waals surface area contributed by atoms with Gasteiger partial charge in [-0.25, -0.2) is 19.3 Å². The Kier molecular flexibility index (Phi) is 7.09. The average molecular weight is 525 g/mol. The molecule has 5 rings (SSSR count). The largest absolute Gasteiger partial charge is 0.481 e. The number of aromatic amines is 1. The zero-order valence-electron chi connectivity index (χ0n) is 21.1. The topological polar surface area (TPSA) is 143 Å². The lowest BCUT2D eigenvalue weighted by Gasteiger charge is -2.37. The van der Waals surface area contributed by atoms with Gasteiger partial charge in [0.25, 0.3) is 0 Å². The van der Waals surface area contributed by atoms with Crippen LogP contribution < -0.4 is 5.32 Å². The zero-order valence-corrected chi connectivity index (χ0v) is 21.1. The van der Waals surface area contributed by atoms with E-state index < -0.39 is 17.7 Å². The molecule has 1 aliphatic carbocycles. The second-order valence-electron chi connectivity index (χ2n) is 9.85. The van der Waals surface area contributed by atoms with Gasteiger partial charge in [-0.3, -0.25) is 9.59 Å². The van der Waals surface area contributed by atoms with Crippen molar-refractivity contribution >= 4 is 17.8 Å². The molecule has 0 radical (unpaired) electrons. The summed E-state index contributed by atoms with van der Waals surface area (Å²) >= 11 is 0. The number of benzene rings is 1. The third-order valence-corrected chi connectivity index (χ3v) is 6.63. The molecule has 1 amide bonds. The second kappa shape index (κ2) is 10.5. The van der Waals surface area contributed by atoms with Crippen molar-refractivity contribution in [2.75, 3.05) is 32.1 Å². The van der Waals surface area contributed by atoms with Gasteiger partial charge in [0.2, 0.25) is 18.1 Å². The van der Waals surface area contributed by atoms with Crippen LogP contribution in [0.1, 0.15) is 38.3 Å². The lowest BCUT2D eigenvalue weighted by molar-refractivity contribution is -0.234. The number of hydrogen-bond donors (Lipinski definition) is 3. The van der Waals surface area contributed by atoms with E-state index in [9.17, 15) is 14.0 Å². The van der Waals surface area contributed by atoms with Crippen LogP contribution in [0.25, 0.3) is 22.6 Å². The Hall–Kier alpha value is -3.90. The third-order valence-electron chi connectivity index (χ3n) is 6.63. The highest BCUT2D eigenvalue weighted by molar-refractivity contribution is 5.83. The minimum atomic E-state index is -0.935. The Morgan fingerprint density at radius 1 is 1.18 bits per heavy atom. The van der Waals surface area contributed by atoms with Gasteiger partial charge in [-0.05, 0) is 50.1 Å². The molecule has 2 aliphatic rings. The summed E-state index contributed by atoms with van der Waals surface area (Å²) in [5.74, 6) is -0.686. The highest BCUT2D eigenvalue weighted by Crippen LogP contribution is 2.37. The number of halogens is 1. The molecule has 1 saturated heterocycles. The molecule has 12 heteroatoms. The van der Waals surface area contributed by atoms with Gasteiger partial charge < -0.3 is 29.8 Å². The highest BCUT2D eigenvalue weighted by Gasteiger charge is 2.45. The number of carbonyl (C=O) groups excluding carboxylic acids is 1. The summed E-state index contributed by atoms with van der Waals surface area (Å²) in [7, 11) is 1.82. The Morgan fingerprint density at radius 3 is 2.55 bits per heavy atom. The van der Waals surface area contributed by atoms with Gasteiger partial charge in [0.1, 0.15) is 5.82 Å². The first-order valence-corrected chi connectivity index (χ1v) is 12.4. The standard InChI is InChI=1S/C26H29FN6O5/c1-26(24(36)33(2)17-7-8-17)13-37-23(38-14-26)22-31-20(15-3-5-16(27)6-4-15)21(32-22)18-9-11-28-25(30-18)29-12-10-19(34)35/h3-6,9,11,17,23H,7-8,10,12-14H2,1-2H3,(H,31,32)(H,34,35)(H,28,29,30). The summed E-state index contributed by atoms with van der Waals surface area (Å²) in [6.45, 7) is 2.33. The normalized spacial score (nSPS) is 21.2. The van der Waals surface area contributed by atoms with E-state index in [1.807, 2.05) is 14.0 Å². The monoisotopic (exact) mass is 524 g/mol. The van der Waals surface area contributed by atoms with Gasteiger partial charge in [-0.1, -0.05) is 0 Å². The number of aliphatic carboxylic acids is 1. The molecule has 3 N–H and O–H groups in total. The minimum absolute atomic E-state index is 0.00509. The summed E-state index contributed by atoms with van der Waals surface area (Å²) in [5.41, 5.74) is 1.36. The number of ether oxygens (including phenoxy) is 2. The Morgan fingerprint density at radius 2 is 1.89 bits per heavy atom. The smallest absolute Gasteiger partial charge is 0.305 e. The van der Waals surface area contributed by atoms with Crippen molar-refractivity contribution in [1.82, 2.24) is 24.8 Å². The van der Waals surface area contributed by atoms with E-state index in [1.165, 1.54) is 12.1 Å². The maximum atomic E-state index is 13.6. The molecule has 0 unspecified atom stereocenters. The van der Waals surface area contributed by atoms with Crippen LogP contribution in [-0.4, -0.2) is 74.7 Å². The first-order chi connectivity index (χ1) is 18.2. The van der Waals surface area contributed by atoms with Crippen molar-refractivity contribution in [3.05, 3.63) is 48.2 Å². The summed E-state index contributed by atoms with van der Waals surface area (Å²) in [4.78, 5) is 42.2. The fourth-order valence-electron chi connectivity index (χ4n) is 4.31. The molecular formula is C26H29FN6O5. The van der Waals surface area contributed by atoms with Crippen molar-refractivity contribution in [1.29, 1.82) is 0 Å². The molecule has 3 aromatic rings. The van der Waals surface area contributed by atoms with Gasteiger partial charge in [-0.15, -0.1) is 0 Å². The molecule has 38 heavy (non-hydrogen) atoms. The SMILES string of the molecule is CN(C(=O)C1(C)COC(c2nc(-c3ccc(F)cc3)c(-c3ccnc(NCCC(=O)O)n3)[nH]2)OC1)C1CC1. The molecular weight excluding hydrogens is 495 g/mol. The zero-order chi connectivity index (χ0) is 26.9. The first-order valence-electron chi connectivity index (χ1n) is 12.4. The van der Waals surface area contributed by atoms with E-state index in [1.54, 1.807) is 29.3 Å². The minimum Gasteiger partial charge on any atom is -0.481 e. The van der Waals surface area contributed by atoms with Crippen LogP contribution >= 0.6 is 0 Å². The number of carbonyl (C=O) groups is 2. The molecule has 2 aromatic heterocycles. The van der Waals surface area contributed by atoms with Crippen LogP contribution in [-0.2, 0) is 19.1 Å². The second-order valence-corrected chi connectivity index (χ2v) is 9.85. The van der Waals surface area contributed by atoms with Crippen LogP contribution in [0.2, 0.25) is 0 Å². The van der Waals surface area contributed by atoms with E-state index in [-0.39, 0.29) is 43.9 Å². The Labute approximate surface area is 218 Å². The number of hydrogen-bond acceptors (Lipinski definition) is 8. The van der Waals surface area contributed by atoms with Gasteiger partial charge in [0.05, 0.1) is 42.1 Å². The highest BCUT2D eigenvalue weighted by atomic mass is 19.1. The molecule has 1 saturated carbocycles. The first kappa shape index (κ1) is 25.7. The van der Waals surface area contributed by atoms with Crippen LogP contribution in [0.3, 0.4) is 0 Å². The van der Waals surface area contributed by atoms with Crippen molar-refractivity contribution in [3.8, 4) is 22.6 Å². The number of amides is 1. The fourth-order valence-corrected chi connectivity index (χ4v) is 4.31. The molecule has 0 atom stereocenters. The van der Waals surface area contributed by atoms with Crippen molar-refractivity contribution < 1.29 is 28.6 Å². The number of H-pyrrole nitrogens is 1. The van der Waals surface area contributed by atoms with Crippen molar-refractivity contribution in [3.63, 3.8) is 0 Å². The number of carboxylic acids is 1. The number of aromatic nitrogens is 4. The maximum Gasteiger partial charge on any atom is 0.305 e. The van der Waals surface area contributed by atoms with E-state index >= 15 is 0 Å². The van der Waals surface area contributed by atoms with Crippen molar-refractivity contribution in [2.45, 2.75) is 38.5 Å². The predicted octanol–water partition coefficient (Wildman–Crippen LogP) is 3.23. The van der Waals surface area contributed by atoms with E-state index in [4.69, 9.17) is 19.6 Å². The predicted molar refractivity (Wildman–Crippen MR) is 134 cm³/mol. The quantitative estimate of drug-likeness (QED) is 0.384. The van der Waals surface area contributed by atoms with E-state index in [2.05, 4.69) is 20.3 Å².